The summed E-state index contributed by atoms with van der Waals surface area (Å²) in [6.45, 7) is 5.77. The van der Waals surface area contributed by atoms with Crippen LogP contribution in [0.2, 0.25) is 0 Å². The molecule has 2 heterocycles. The Morgan fingerprint density at radius 2 is 2.00 bits per heavy atom. The zero-order valence-corrected chi connectivity index (χ0v) is 12.3. The SMILES string of the molecule is CC1=CCCC2C1=CC=C1c3ccccc3C(C)CN12. The van der Waals surface area contributed by atoms with Crippen LogP contribution in [0.25, 0.3) is 5.70 Å². The fourth-order valence-electron chi connectivity index (χ4n) is 4.02. The Morgan fingerprint density at radius 3 is 2.90 bits per heavy atom. The molecule has 0 fully saturated rings. The smallest absolute Gasteiger partial charge is 0.0548 e. The Kier molecular flexibility index (Phi) is 2.63. The summed E-state index contributed by atoms with van der Waals surface area (Å²) in [4.78, 5) is 2.65. The summed E-state index contributed by atoms with van der Waals surface area (Å²) < 4.78 is 0. The third kappa shape index (κ3) is 1.62. The van der Waals surface area contributed by atoms with E-state index in [1.807, 2.05) is 0 Å². The van der Waals surface area contributed by atoms with E-state index in [0.29, 0.717) is 12.0 Å². The minimum absolute atomic E-state index is 0.593. The highest BCUT2D eigenvalue weighted by Crippen LogP contribution is 2.42. The second kappa shape index (κ2) is 4.37. The van der Waals surface area contributed by atoms with Crippen molar-refractivity contribution < 1.29 is 0 Å². The predicted octanol–water partition coefficient (Wildman–Crippen LogP) is 4.50. The van der Waals surface area contributed by atoms with Crippen LogP contribution in [0.3, 0.4) is 0 Å². The predicted molar refractivity (Wildman–Crippen MR) is 84.4 cm³/mol. The van der Waals surface area contributed by atoms with Crippen molar-refractivity contribution in [3.05, 3.63) is 64.8 Å². The van der Waals surface area contributed by atoms with Gasteiger partial charge in [0.05, 0.1) is 6.04 Å². The molecular formula is C19H21N. The molecule has 102 valence electrons. The number of benzene rings is 1. The maximum Gasteiger partial charge on any atom is 0.0548 e. The molecule has 0 radical (unpaired) electrons. The molecule has 4 rings (SSSR count). The highest BCUT2D eigenvalue weighted by atomic mass is 15.2. The van der Waals surface area contributed by atoms with E-state index in [4.69, 9.17) is 0 Å². The first-order valence-electron chi connectivity index (χ1n) is 7.70. The summed E-state index contributed by atoms with van der Waals surface area (Å²) in [6, 6.07) is 9.51. The van der Waals surface area contributed by atoms with Crippen LogP contribution < -0.4 is 0 Å². The molecule has 0 saturated heterocycles. The maximum absolute atomic E-state index is 2.65. The van der Waals surface area contributed by atoms with E-state index in [1.54, 1.807) is 0 Å². The molecule has 1 aromatic rings. The molecule has 0 saturated carbocycles. The van der Waals surface area contributed by atoms with Gasteiger partial charge in [-0.05, 0) is 48.5 Å². The van der Waals surface area contributed by atoms with Gasteiger partial charge in [0.1, 0.15) is 0 Å². The molecule has 0 bridgehead atoms. The number of fused-ring (bicyclic) bond motifs is 5. The minimum atomic E-state index is 0.593. The van der Waals surface area contributed by atoms with Gasteiger partial charge in [-0.25, -0.2) is 0 Å². The van der Waals surface area contributed by atoms with Gasteiger partial charge in [-0.2, -0.15) is 0 Å². The molecule has 0 spiro atoms. The summed E-state index contributed by atoms with van der Waals surface area (Å²) in [5, 5.41) is 0. The Morgan fingerprint density at radius 1 is 1.15 bits per heavy atom. The van der Waals surface area contributed by atoms with Crippen LogP contribution in [-0.2, 0) is 0 Å². The highest BCUT2D eigenvalue weighted by Gasteiger charge is 2.34. The van der Waals surface area contributed by atoms with Gasteiger partial charge < -0.3 is 4.90 Å². The second-order valence-electron chi connectivity index (χ2n) is 6.29. The zero-order chi connectivity index (χ0) is 13.7. The highest BCUT2D eigenvalue weighted by molar-refractivity contribution is 5.73. The Balaban J connectivity index is 1.86. The van der Waals surface area contributed by atoms with Crippen molar-refractivity contribution in [2.45, 2.75) is 38.6 Å². The van der Waals surface area contributed by atoms with Gasteiger partial charge in [-0.15, -0.1) is 0 Å². The van der Waals surface area contributed by atoms with Crippen molar-refractivity contribution in [3.8, 4) is 0 Å². The van der Waals surface area contributed by atoms with E-state index >= 15 is 0 Å². The van der Waals surface area contributed by atoms with Gasteiger partial charge in [0.15, 0.2) is 0 Å². The van der Waals surface area contributed by atoms with Crippen molar-refractivity contribution >= 4 is 5.70 Å². The topological polar surface area (TPSA) is 3.24 Å². The molecule has 2 aliphatic heterocycles. The van der Waals surface area contributed by atoms with E-state index in [-0.39, 0.29) is 0 Å². The molecule has 3 aliphatic rings. The van der Waals surface area contributed by atoms with Crippen LogP contribution in [0.15, 0.2) is 53.6 Å². The Hall–Kier alpha value is -1.76. The third-order valence-corrected chi connectivity index (χ3v) is 5.05. The summed E-state index contributed by atoms with van der Waals surface area (Å²) in [5.74, 6) is 0.619. The summed E-state index contributed by atoms with van der Waals surface area (Å²) in [6.07, 6.45) is 9.55. The van der Waals surface area contributed by atoms with E-state index < -0.39 is 0 Å². The van der Waals surface area contributed by atoms with Gasteiger partial charge in [0.25, 0.3) is 0 Å². The first-order chi connectivity index (χ1) is 9.75. The summed E-state index contributed by atoms with van der Waals surface area (Å²) in [7, 11) is 0. The first-order valence-corrected chi connectivity index (χ1v) is 7.70. The van der Waals surface area contributed by atoms with E-state index in [1.165, 1.54) is 40.8 Å². The average Bonchev–Trinajstić information content (AvgIpc) is 2.48. The first kappa shape index (κ1) is 12.0. The average molecular weight is 263 g/mol. The largest absolute Gasteiger partial charge is 0.363 e. The molecule has 0 aromatic heterocycles. The van der Waals surface area contributed by atoms with Crippen LogP contribution in [0, 0.1) is 0 Å². The molecule has 20 heavy (non-hydrogen) atoms. The lowest BCUT2D eigenvalue weighted by atomic mass is 9.80. The zero-order valence-electron chi connectivity index (χ0n) is 12.3. The third-order valence-electron chi connectivity index (χ3n) is 5.05. The monoisotopic (exact) mass is 263 g/mol. The van der Waals surface area contributed by atoms with Crippen LogP contribution >= 0.6 is 0 Å². The maximum atomic E-state index is 2.65. The van der Waals surface area contributed by atoms with Crippen molar-refractivity contribution in [3.63, 3.8) is 0 Å². The molecule has 0 N–H and O–H groups in total. The van der Waals surface area contributed by atoms with Crippen LogP contribution in [0.5, 0.6) is 0 Å². The van der Waals surface area contributed by atoms with E-state index in [0.717, 1.165) is 6.54 Å². The standard InChI is InChI=1S/C19H21N/c1-13-6-5-9-18-16(13)10-11-19-17-8-4-3-7-15(17)14(2)12-20(18)19/h3-4,6-8,10-11,14,18H,5,9,12H2,1-2H3. The van der Waals surface area contributed by atoms with Crippen molar-refractivity contribution in [2.75, 3.05) is 6.54 Å². The van der Waals surface area contributed by atoms with Gasteiger partial charge in [0, 0.05) is 17.8 Å². The van der Waals surface area contributed by atoms with Crippen LogP contribution in [0.4, 0.5) is 0 Å². The lowest BCUT2D eigenvalue weighted by Crippen LogP contribution is -2.43. The lowest BCUT2D eigenvalue weighted by molar-refractivity contribution is 0.284. The van der Waals surface area contributed by atoms with E-state index in [2.05, 4.69) is 61.2 Å². The van der Waals surface area contributed by atoms with Crippen molar-refractivity contribution in [1.82, 2.24) is 4.90 Å². The molecule has 1 nitrogen and oxygen atoms in total. The van der Waals surface area contributed by atoms with Gasteiger partial charge >= 0.3 is 0 Å². The van der Waals surface area contributed by atoms with Crippen molar-refractivity contribution in [1.29, 1.82) is 0 Å². The molecule has 1 heteroatoms. The molecule has 2 atom stereocenters. The van der Waals surface area contributed by atoms with Crippen LogP contribution in [0.1, 0.15) is 43.7 Å². The number of nitrogens with zero attached hydrogens (tertiary/aromatic N) is 1. The minimum Gasteiger partial charge on any atom is -0.363 e. The summed E-state index contributed by atoms with van der Waals surface area (Å²) in [5.41, 5.74) is 7.39. The quantitative estimate of drug-likeness (QED) is 0.666. The summed E-state index contributed by atoms with van der Waals surface area (Å²) >= 11 is 0. The fraction of sp³-hybridized carbons (Fsp3) is 0.368. The Labute approximate surface area is 121 Å². The van der Waals surface area contributed by atoms with Crippen molar-refractivity contribution in [2.24, 2.45) is 0 Å². The molecular weight excluding hydrogens is 242 g/mol. The van der Waals surface area contributed by atoms with Gasteiger partial charge in [-0.3, -0.25) is 0 Å². The molecule has 0 amide bonds. The number of hydrogen-bond acceptors (Lipinski definition) is 1. The number of rotatable bonds is 0. The van der Waals surface area contributed by atoms with E-state index in [9.17, 15) is 0 Å². The van der Waals surface area contributed by atoms with Gasteiger partial charge in [0.2, 0.25) is 0 Å². The normalized spacial score (nSPS) is 27.7. The molecule has 2 unspecified atom stereocenters. The van der Waals surface area contributed by atoms with Crippen LogP contribution in [-0.4, -0.2) is 17.5 Å². The Bertz CT molecular complexity index is 647. The molecule has 1 aliphatic carbocycles. The molecule has 1 aromatic carbocycles. The lowest BCUT2D eigenvalue weighted by Gasteiger charge is -2.46. The second-order valence-corrected chi connectivity index (χ2v) is 6.29. The fourth-order valence-corrected chi connectivity index (χ4v) is 4.02. The number of allylic oxidation sites excluding steroid dienone is 3. The number of hydrogen-bond donors (Lipinski definition) is 0. The van der Waals surface area contributed by atoms with Gasteiger partial charge in [-0.1, -0.05) is 43.3 Å².